The van der Waals surface area contributed by atoms with Crippen LogP contribution >= 0.6 is 0 Å². The van der Waals surface area contributed by atoms with Crippen molar-refractivity contribution >= 4 is 5.71 Å². The van der Waals surface area contributed by atoms with Crippen molar-refractivity contribution in [3.8, 4) is 0 Å². The molecule has 2 N–H and O–H groups in total. The maximum Gasteiger partial charge on any atom is 0.296 e. The van der Waals surface area contributed by atoms with Crippen LogP contribution < -0.4 is 0 Å². The molecular formula is C9H12N2O3. The molecule has 1 rings (SSSR count). The first kappa shape index (κ1) is 10.7. The van der Waals surface area contributed by atoms with Crippen LogP contribution in [-0.4, -0.2) is 33.6 Å². The molecule has 0 aliphatic heterocycles. The van der Waals surface area contributed by atoms with E-state index in [9.17, 15) is 0 Å². The van der Waals surface area contributed by atoms with Gasteiger partial charge in [-0.2, -0.15) is 4.79 Å². The molecule has 0 aromatic carbocycles. The summed E-state index contributed by atoms with van der Waals surface area (Å²) in [5.74, 6) is 0.651. The molecule has 76 valence electrons. The van der Waals surface area contributed by atoms with Gasteiger partial charge in [-0.15, -0.1) is 0 Å². The maximum atomic E-state index is 8.55. The molecule has 0 atom stereocenters. The zero-order chi connectivity index (χ0) is 10.4. The number of ether oxygens (including phenoxy) is 1. The Kier molecular flexibility index (Phi) is 4.07. The lowest BCUT2D eigenvalue weighted by Gasteiger charge is -2.08. The van der Waals surface area contributed by atoms with Crippen LogP contribution in [0.15, 0.2) is 24.0 Å². The Balaban J connectivity index is 2.31. The Morgan fingerprint density at radius 1 is 1.50 bits per heavy atom. The summed E-state index contributed by atoms with van der Waals surface area (Å²) in [6.45, 7) is 0.249. The molecule has 0 saturated carbocycles. The lowest BCUT2D eigenvalue weighted by atomic mass is 10.1. The number of nitrogens with zero attached hydrogens (tertiary/aromatic N) is 2. The molecule has 1 aliphatic rings. The van der Waals surface area contributed by atoms with E-state index >= 15 is 0 Å². The molecule has 0 amide bonds. The highest BCUT2D eigenvalue weighted by Gasteiger charge is 2.08. The van der Waals surface area contributed by atoms with E-state index in [0.29, 0.717) is 17.9 Å². The Morgan fingerprint density at radius 3 is 2.79 bits per heavy atom. The van der Waals surface area contributed by atoms with Gasteiger partial charge in [0.05, 0.1) is 13.0 Å². The van der Waals surface area contributed by atoms with Gasteiger partial charge in [0.15, 0.2) is 6.29 Å². The minimum atomic E-state index is -1.34. The van der Waals surface area contributed by atoms with Crippen molar-refractivity contribution in [3.05, 3.63) is 29.5 Å². The molecule has 5 heteroatoms. The van der Waals surface area contributed by atoms with E-state index < -0.39 is 6.29 Å². The minimum absolute atomic E-state index is 0.173. The van der Waals surface area contributed by atoms with Crippen molar-refractivity contribution in [1.29, 1.82) is 0 Å². The standard InChI is InChI=1S/C9H12N2O3/c10-11-7-1-3-8(4-2-7)14-6-5-9(12)13/h1,3-4,9,12-13H,2,5-6H2. The Hall–Kier alpha value is -1.42. The molecule has 0 unspecified atom stereocenters. The van der Waals surface area contributed by atoms with Gasteiger partial charge in [0.1, 0.15) is 5.76 Å². The third-order valence-electron chi connectivity index (χ3n) is 1.73. The summed E-state index contributed by atoms with van der Waals surface area (Å²) in [7, 11) is 0. The summed E-state index contributed by atoms with van der Waals surface area (Å²) in [4.78, 5) is 3.04. The number of aliphatic hydroxyl groups is 2. The van der Waals surface area contributed by atoms with E-state index in [0.717, 1.165) is 0 Å². The number of aliphatic hydroxyl groups excluding tert-OH is 1. The zero-order valence-electron chi connectivity index (χ0n) is 7.63. The molecule has 0 heterocycles. The number of allylic oxidation sites excluding steroid dienone is 3. The van der Waals surface area contributed by atoms with Crippen LogP contribution in [0.5, 0.6) is 0 Å². The third-order valence-corrected chi connectivity index (χ3v) is 1.73. The van der Waals surface area contributed by atoms with Crippen molar-refractivity contribution in [2.45, 2.75) is 19.1 Å². The predicted octanol–water partition coefficient (Wildman–Crippen LogP) is 0.218. The second-order valence-corrected chi connectivity index (χ2v) is 2.85. The van der Waals surface area contributed by atoms with E-state index in [1.54, 1.807) is 18.2 Å². The van der Waals surface area contributed by atoms with Crippen LogP contribution in [0, 0.1) is 0 Å². The van der Waals surface area contributed by atoms with Gasteiger partial charge in [0.2, 0.25) is 0 Å². The molecule has 0 bridgehead atoms. The molecule has 0 saturated heterocycles. The second kappa shape index (κ2) is 5.34. The van der Waals surface area contributed by atoms with Crippen molar-refractivity contribution in [2.75, 3.05) is 6.61 Å². The SMILES string of the molecule is [N-]=[N+]=C1C=CC(OCCC(O)O)=CC1. The van der Waals surface area contributed by atoms with Crippen LogP contribution in [-0.2, 0) is 4.74 Å². The van der Waals surface area contributed by atoms with Crippen LogP contribution in [0.1, 0.15) is 12.8 Å². The summed E-state index contributed by atoms with van der Waals surface area (Å²) in [5.41, 5.74) is 9.00. The lowest BCUT2D eigenvalue weighted by Crippen LogP contribution is -2.09. The molecule has 0 aromatic heterocycles. The normalized spacial score (nSPS) is 15.4. The summed E-state index contributed by atoms with van der Waals surface area (Å²) in [6.07, 6.45) is 4.43. The van der Waals surface area contributed by atoms with Crippen LogP contribution in [0.4, 0.5) is 0 Å². The van der Waals surface area contributed by atoms with Gasteiger partial charge in [-0.25, -0.2) is 0 Å². The Morgan fingerprint density at radius 2 is 2.29 bits per heavy atom. The van der Waals surface area contributed by atoms with E-state index in [1.165, 1.54) is 0 Å². The smallest absolute Gasteiger partial charge is 0.296 e. The molecular weight excluding hydrogens is 184 g/mol. The zero-order valence-corrected chi connectivity index (χ0v) is 7.63. The fourth-order valence-corrected chi connectivity index (χ4v) is 0.983. The molecule has 14 heavy (non-hydrogen) atoms. The average Bonchev–Trinajstić information content (AvgIpc) is 2.18. The van der Waals surface area contributed by atoms with Crippen LogP contribution in [0.2, 0.25) is 0 Å². The average molecular weight is 196 g/mol. The van der Waals surface area contributed by atoms with Gasteiger partial charge >= 0.3 is 0 Å². The first-order valence-electron chi connectivity index (χ1n) is 4.30. The summed E-state index contributed by atoms with van der Waals surface area (Å²) < 4.78 is 5.20. The quantitative estimate of drug-likeness (QED) is 0.383. The highest BCUT2D eigenvalue weighted by Crippen LogP contribution is 2.09. The number of hydrogen-bond donors (Lipinski definition) is 2. The lowest BCUT2D eigenvalue weighted by molar-refractivity contribution is -0.0559. The van der Waals surface area contributed by atoms with Gasteiger partial charge in [-0.05, 0) is 12.2 Å². The highest BCUT2D eigenvalue weighted by atomic mass is 16.5. The largest absolute Gasteiger partial charge is 0.494 e. The van der Waals surface area contributed by atoms with Crippen LogP contribution in [0.3, 0.4) is 0 Å². The summed E-state index contributed by atoms with van der Waals surface area (Å²) >= 11 is 0. The first-order valence-corrected chi connectivity index (χ1v) is 4.30. The van der Waals surface area contributed by atoms with E-state index in [1.807, 2.05) is 0 Å². The van der Waals surface area contributed by atoms with Gasteiger partial charge in [0.25, 0.3) is 5.71 Å². The van der Waals surface area contributed by atoms with E-state index in [2.05, 4.69) is 4.79 Å². The van der Waals surface area contributed by atoms with Gasteiger partial charge in [0, 0.05) is 12.5 Å². The second-order valence-electron chi connectivity index (χ2n) is 2.85. The Labute approximate surface area is 81.6 Å². The molecule has 0 aromatic rings. The Bertz CT molecular complexity index is 301. The summed E-state index contributed by atoms with van der Waals surface area (Å²) in [6, 6.07) is 0. The number of hydrogen-bond acceptors (Lipinski definition) is 3. The van der Waals surface area contributed by atoms with Gasteiger partial charge < -0.3 is 20.5 Å². The van der Waals surface area contributed by atoms with Crippen LogP contribution in [0.25, 0.3) is 5.53 Å². The molecule has 1 aliphatic carbocycles. The third kappa shape index (κ3) is 3.53. The van der Waals surface area contributed by atoms with Gasteiger partial charge in [-0.3, -0.25) is 0 Å². The highest BCUT2D eigenvalue weighted by molar-refractivity contribution is 5.92. The fourth-order valence-electron chi connectivity index (χ4n) is 0.983. The van der Waals surface area contributed by atoms with Crippen molar-refractivity contribution < 1.29 is 19.7 Å². The molecule has 0 spiro atoms. The van der Waals surface area contributed by atoms with Crippen molar-refractivity contribution in [2.24, 2.45) is 0 Å². The van der Waals surface area contributed by atoms with Gasteiger partial charge in [-0.1, -0.05) is 0 Å². The minimum Gasteiger partial charge on any atom is -0.494 e. The maximum absolute atomic E-state index is 8.55. The van der Waals surface area contributed by atoms with Crippen molar-refractivity contribution in [3.63, 3.8) is 0 Å². The topological polar surface area (TPSA) is 86.1 Å². The van der Waals surface area contributed by atoms with E-state index in [4.69, 9.17) is 20.5 Å². The monoisotopic (exact) mass is 196 g/mol. The van der Waals surface area contributed by atoms with Crippen molar-refractivity contribution in [1.82, 2.24) is 0 Å². The molecule has 0 radical (unpaired) electrons. The molecule has 0 fully saturated rings. The summed E-state index contributed by atoms with van der Waals surface area (Å²) in [5, 5.41) is 17.1. The fraction of sp³-hybridized carbons (Fsp3) is 0.444. The van der Waals surface area contributed by atoms with E-state index in [-0.39, 0.29) is 13.0 Å². The number of rotatable bonds is 4. The first-order chi connectivity index (χ1) is 6.72. The molecule has 5 nitrogen and oxygen atoms in total. The predicted molar refractivity (Wildman–Crippen MR) is 49.3 cm³/mol.